The van der Waals surface area contributed by atoms with Crippen LogP contribution in [0.2, 0.25) is 0 Å². The zero-order chi connectivity index (χ0) is 16.2. The van der Waals surface area contributed by atoms with Gasteiger partial charge in [0.05, 0.1) is 0 Å². The highest BCUT2D eigenvalue weighted by Gasteiger charge is 2.27. The molecule has 0 aliphatic heterocycles. The molecule has 2 aromatic rings. The minimum absolute atomic E-state index is 0.388. The van der Waals surface area contributed by atoms with Gasteiger partial charge in [0.1, 0.15) is 0 Å². The van der Waals surface area contributed by atoms with E-state index in [0.29, 0.717) is 5.92 Å². The lowest BCUT2D eigenvalue weighted by molar-refractivity contribution is 0.484. The van der Waals surface area contributed by atoms with Crippen LogP contribution in [0.15, 0.2) is 71.6 Å². The molecule has 2 aromatic carbocycles. The standard InChI is InChI=1S/C22H27P/c1-17(2)21-15-14-18(3)16-22(21)23(19-10-6-4-7-11-19)20-12-8-5-9-13-20/h4-13,17-18H,14-16H2,1-3H3. The minimum Gasteiger partial charge on any atom is -0.0633 e. The van der Waals surface area contributed by atoms with Crippen molar-refractivity contribution in [3.05, 3.63) is 71.6 Å². The number of hydrogen-bond donors (Lipinski definition) is 0. The lowest BCUT2D eigenvalue weighted by Gasteiger charge is -2.33. The van der Waals surface area contributed by atoms with E-state index >= 15 is 0 Å². The smallest absolute Gasteiger partial charge is 0.0154 e. The van der Waals surface area contributed by atoms with Crippen LogP contribution < -0.4 is 10.6 Å². The molecule has 0 amide bonds. The van der Waals surface area contributed by atoms with E-state index in [4.69, 9.17) is 0 Å². The Kier molecular flexibility index (Phi) is 5.34. The van der Waals surface area contributed by atoms with Crippen molar-refractivity contribution < 1.29 is 0 Å². The van der Waals surface area contributed by atoms with Crippen LogP contribution in [0.3, 0.4) is 0 Å². The number of rotatable bonds is 4. The van der Waals surface area contributed by atoms with Gasteiger partial charge in [0, 0.05) is 0 Å². The highest BCUT2D eigenvalue weighted by atomic mass is 31.1. The fraction of sp³-hybridized carbons (Fsp3) is 0.364. The monoisotopic (exact) mass is 322 g/mol. The molecule has 0 bridgehead atoms. The van der Waals surface area contributed by atoms with Gasteiger partial charge in [-0.2, -0.15) is 0 Å². The summed E-state index contributed by atoms with van der Waals surface area (Å²) in [5, 5.41) is 4.73. The predicted molar refractivity (Wildman–Crippen MR) is 104 cm³/mol. The van der Waals surface area contributed by atoms with Crippen molar-refractivity contribution in [2.24, 2.45) is 11.8 Å². The van der Waals surface area contributed by atoms with Gasteiger partial charge in [-0.25, -0.2) is 0 Å². The average Bonchev–Trinajstić information content (AvgIpc) is 2.57. The average molecular weight is 322 g/mol. The van der Waals surface area contributed by atoms with Crippen LogP contribution in [0, 0.1) is 11.8 Å². The van der Waals surface area contributed by atoms with Crippen LogP contribution >= 0.6 is 7.92 Å². The van der Waals surface area contributed by atoms with E-state index in [0.717, 1.165) is 5.92 Å². The molecule has 0 aromatic heterocycles. The van der Waals surface area contributed by atoms with E-state index in [1.807, 2.05) is 0 Å². The third kappa shape index (κ3) is 3.75. The van der Waals surface area contributed by atoms with Crippen molar-refractivity contribution in [3.63, 3.8) is 0 Å². The number of allylic oxidation sites excluding steroid dienone is 2. The molecule has 120 valence electrons. The van der Waals surface area contributed by atoms with Crippen LogP contribution in [0.1, 0.15) is 40.0 Å². The largest absolute Gasteiger partial charge is 0.0633 e. The molecule has 0 N–H and O–H groups in total. The Morgan fingerprint density at radius 2 is 1.39 bits per heavy atom. The molecule has 1 atom stereocenters. The second-order valence-electron chi connectivity index (χ2n) is 6.98. The molecule has 3 rings (SSSR count). The molecular formula is C22H27P. The Bertz CT molecular complexity index is 615. The molecular weight excluding hydrogens is 295 g/mol. The van der Waals surface area contributed by atoms with E-state index in [1.54, 1.807) is 10.9 Å². The lowest BCUT2D eigenvalue weighted by Crippen LogP contribution is -2.19. The molecule has 0 saturated carbocycles. The first-order valence-corrected chi connectivity index (χ1v) is 10.1. The normalized spacial score (nSPS) is 18.7. The van der Waals surface area contributed by atoms with Gasteiger partial charge in [0.25, 0.3) is 0 Å². The predicted octanol–water partition coefficient (Wildman–Crippen LogP) is 5.85. The Balaban J connectivity index is 2.14. The lowest BCUT2D eigenvalue weighted by atomic mass is 9.86. The number of benzene rings is 2. The summed E-state index contributed by atoms with van der Waals surface area (Å²) in [7, 11) is -0.388. The topological polar surface area (TPSA) is 0 Å². The summed E-state index contributed by atoms with van der Waals surface area (Å²) in [6, 6.07) is 22.3. The van der Waals surface area contributed by atoms with E-state index in [2.05, 4.69) is 81.4 Å². The van der Waals surface area contributed by atoms with Gasteiger partial charge in [0.15, 0.2) is 0 Å². The summed E-state index contributed by atoms with van der Waals surface area (Å²) < 4.78 is 0. The first-order chi connectivity index (χ1) is 11.2. The minimum atomic E-state index is -0.388. The van der Waals surface area contributed by atoms with Crippen LogP contribution in [0.25, 0.3) is 0 Å². The summed E-state index contributed by atoms with van der Waals surface area (Å²) in [5.41, 5.74) is 1.72. The fourth-order valence-electron chi connectivity index (χ4n) is 3.58. The van der Waals surface area contributed by atoms with E-state index < -0.39 is 0 Å². The highest BCUT2D eigenvalue weighted by molar-refractivity contribution is 7.76. The van der Waals surface area contributed by atoms with Crippen molar-refractivity contribution in [1.29, 1.82) is 0 Å². The summed E-state index contributed by atoms with van der Waals surface area (Å²) in [5.74, 6) is 1.47. The Morgan fingerprint density at radius 1 is 0.870 bits per heavy atom. The quantitative estimate of drug-likeness (QED) is 0.619. The third-order valence-electron chi connectivity index (χ3n) is 4.81. The van der Waals surface area contributed by atoms with E-state index in [9.17, 15) is 0 Å². The Hall–Kier alpha value is -1.39. The Morgan fingerprint density at radius 3 is 1.87 bits per heavy atom. The van der Waals surface area contributed by atoms with Crippen LogP contribution in [-0.2, 0) is 0 Å². The summed E-state index contributed by atoms with van der Waals surface area (Å²) in [6.45, 7) is 7.16. The van der Waals surface area contributed by atoms with Crippen molar-refractivity contribution in [2.75, 3.05) is 0 Å². The first-order valence-electron chi connectivity index (χ1n) is 8.79. The zero-order valence-electron chi connectivity index (χ0n) is 14.5. The van der Waals surface area contributed by atoms with Crippen LogP contribution in [0.5, 0.6) is 0 Å². The number of hydrogen-bond acceptors (Lipinski definition) is 0. The SMILES string of the molecule is CC1CCC(C(C)C)=C(P(c2ccccc2)c2ccccc2)C1. The van der Waals surface area contributed by atoms with Gasteiger partial charge < -0.3 is 0 Å². The molecule has 23 heavy (non-hydrogen) atoms. The van der Waals surface area contributed by atoms with E-state index in [1.165, 1.54) is 29.9 Å². The van der Waals surface area contributed by atoms with Gasteiger partial charge >= 0.3 is 0 Å². The van der Waals surface area contributed by atoms with Crippen molar-refractivity contribution in [3.8, 4) is 0 Å². The maximum Gasteiger partial charge on any atom is -0.0154 e. The second-order valence-corrected chi connectivity index (χ2v) is 9.22. The molecule has 1 aliphatic rings. The third-order valence-corrected chi connectivity index (χ3v) is 7.45. The van der Waals surface area contributed by atoms with Gasteiger partial charge in [-0.3, -0.25) is 0 Å². The summed E-state index contributed by atoms with van der Waals surface area (Å²) in [6.07, 6.45) is 3.90. The van der Waals surface area contributed by atoms with Crippen LogP contribution in [-0.4, -0.2) is 0 Å². The van der Waals surface area contributed by atoms with Crippen LogP contribution in [0.4, 0.5) is 0 Å². The molecule has 1 heteroatoms. The molecule has 0 nitrogen and oxygen atoms in total. The van der Waals surface area contributed by atoms with Gasteiger partial charge in [-0.1, -0.05) is 87.0 Å². The molecule has 1 aliphatic carbocycles. The zero-order valence-corrected chi connectivity index (χ0v) is 15.4. The maximum atomic E-state index is 2.42. The molecule has 0 heterocycles. The van der Waals surface area contributed by atoms with Gasteiger partial charge in [-0.05, 0) is 54.9 Å². The Labute approximate surface area is 142 Å². The molecule has 0 fully saturated rings. The second kappa shape index (κ2) is 7.45. The van der Waals surface area contributed by atoms with Crippen molar-refractivity contribution in [2.45, 2.75) is 40.0 Å². The maximum absolute atomic E-state index is 2.42. The molecule has 0 spiro atoms. The van der Waals surface area contributed by atoms with Gasteiger partial charge in [-0.15, -0.1) is 0 Å². The molecule has 0 radical (unpaired) electrons. The highest BCUT2D eigenvalue weighted by Crippen LogP contribution is 2.52. The van der Waals surface area contributed by atoms with Crippen molar-refractivity contribution in [1.82, 2.24) is 0 Å². The fourth-order valence-corrected chi connectivity index (χ4v) is 6.59. The molecule has 0 saturated heterocycles. The molecule has 1 unspecified atom stereocenters. The van der Waals surface area contributed by atoms with Crippen molar-refractivity contribution >= 4 is 18.5 Å². The first kappa shape index (κ1) is 16.5. The van der Waals surface area contributed by atoms with Gasteiger partial charge in [0.2, 0.25) is 0 Å². The summed E-state index contributed by atoms with van der Waals surface area (Å²) >= 11 is 0. The summed E-state index contributed by atoms with van der Waals surface area (Å²) in [4.78, 5) is 0. The van der Waals surface area contributed by atoms with E-state index in [-0.39, 0.29) is 7.92 Å².